The molecule has 0 aromatic heterocycles. The van der Waals surface area contributed by atoms with Gasteiger partial charge in [-0.25, -0.2) is 0 Å². The summed E-state index contributed by atoms with van der Waals surface area (Å²) in [5, 5.41) is 4.93. The third-order valence-electron chi connectivity index (χ3n) is 9.83. The molecule has 0 aliphatic carbocycles. The summed E-state index contributed by atoms with van der Waals surface area (Å²) >= 11 is 0. The van der Waals surface area contributed by atoms with Gasteiger partial charge >= 0.3 is 0 Å². The van der Waals surface area contributed by atoms with E-state index >= 15 is 0 Å². The van der Waals surface area contributed by atoms with Gasteiger partial charge in [0.1, 0.15) is 0 Å². The number of hydrogen-bond acceptors (Lipinski definition) is 2. The second-order valence-corrected chi connectivity index (χ2v) is 13.0. The lowest BCUT2D eigenvalue weighted by Crippen LogP contribution is -2.11. The molecule has 2 heteroatoms. The van der Waals surface area contributed by atoms with Gasteiger partial charge in [0.2, 0.25) is 0 Å². The van der Waals surface area contributed by atoms with Gasteiger partial charge < -0.3 is 9.80 Å². The van der Waals surface area contributed by atoms with Crippen molar-refractivity contribution in [1.29, 1.82) is 0 Å². The molecule has 0 unspecified atom stereocenters. The Morgan fingerprint density at radius 3 is 1.27 bits per heavy atom. The molecule has 52 heavy (non-hydrogen) atoms. The van der Waals surface area contributed by atoms with E-state index in [9.17, 15) is 0 Å². The Hall–Kier alpha value is -6.90. The second-order valence-electron chi connectivity index (χ2n) is 13.0. The van der Waals surface area contributed by atoms with E-state index in [0.717, 1.165) is 39.7 Å². The number of para-hydroxylation sites is 3. The van der Waals surface area contributed by atoms with Crippen molar-refractivity contribution < 1.29 is 0 Å². The Labute approximate surface area is 305 Å². The number of fused-ring (bicyclic) bond motifs is 2. The Bertz CT molecular complexity index is 2550. The Kier molecular flexibility index (Phi) is 8.24. The van der Waals surface area contributed by atoms with Crippen LogP contribution < -0.4 is 9.80 Å². The van der Waals surface area contributed by atoms with Crippen molar-refractivity contribution >= 4 is 55.7 Å². The van der Waals surface area contributed by atoms with Crippen molar-refractivity contribution in [2.45, 2.75) is 0 Å². The average molecular weight is 665 g/mol. The van der Waals surface area contributed by atoms with E-state index in [0.29, 0.717) is 0 Å². The minimum absolute atomic E-state index is 1.10. The van der Waals surface area contributed by atoms with Gasteiger partial charge in [-0.3, -0.25) is 0 Å². The monoisotopic (exact) mass is 664 g/mol. The second kappa shape index (κ2) is 13.8. The molecule has 0 aliphatic rings. The summed E-state index contributed by atoms with van der Waals surface area (Å²) in [5.74, 6) is 0. The lowest BCUT2D eigenvalue weighted by atomic mass is 9.94. The highest BCUT2D eigenvalue weighted by Gasteiger charge is 2.20. The molecule has 0 heterocycles. The van der Waals surface area contributed by atoms with Crippen LogP contribution in [0.1, 0.15) is 0 Å². The van der Waals surface area contributed by atoms with Crippen molar-refractivity contribution in [3.63, 3.8) is 0 Å². The minimum Gasteiger partial charge on any atom is -0.311 e. The first-order valence-corrected chi connectivity index (χ1v) is 17.8. The van der Waals surface area contributed by atoms with Gasteiger partial charge in [-0.05, 0) is 105 Å². The van der Waals surface area contributed by atoms with Gasteiger partial charge in [0, 0.05) is 34.0 Å². The fourth-order valence-electron chi connectivity index (χ4n) is 7.40. The molecule has 0 fully saturated rings. The highest BCUT2D eigenvalue weighted by atomic mass is 15.1. The van der Waals surface area contributed by atoms with E-state index < -0.39 is 0 Å². The zero-order valence-electron chi connectivity index (χ0n) is 28.7. The van der Waals surface area contributed by atoms with Crippen LogP contribution >= 0.6 is 0 Å². The van der Waals surface area contributed by atoms with E-state index in [4.69, 9.17) is 0 Å². The molecule has 0 amide bonds. The fourth-order valence-corrected chi connectivity index (χ4v) is 7.40. The topological polar surface area (TPSA) is 6.48 Å². The van der Waals surface area contributed by atoms with Gasteiger partial charge in [-0.15, -0.1) is 0 Å². The molecule has 0 bridgehead atoms. The highest BCUT2D eigenvalue weighted by molar-refractivity contribution is 6.06. The summed E-state index contributed by atoms with van der Waals surface area (Å²) in [6, 6.07) is 78.2. The minimum atomic E-state index is 1.10. The van der Waals surface area contributed by atoms with E-state index in [1.54, 1.807) is 0 Å². The van der Waals surface area contributed by atoms with E-state index in [-0.39, 0.29) is 0 Å². The summed E-state index contributed by atoms with van der Waals surface area (Å²) in [7, 11) is 0. The predicted molar refractivity (Wildman–Crippen MR) is 222 cm³/mol. The molecule has 0 saturated heterocycles. The Balaban J connectivity index is 1.19. The van der Waals surface area contributed by atoms with Crippen molar-refractivity contribution in [3.05, 3.63) is 218 Å². The molecule has 0 saturated carbocycles. The maximum atomic E-state index is 2.39. The summed E-state index contributed by atoms with van der Waals surface area (Å²) in [4.78, 5) is 4.70. The van der Waals surface area contributed by atoms with Gasteiger partial charge in [-0.1, -0.05) is 152 Å². The van der Waals surface area contributed by atoms with Crippen LogP contribution in [0.15, 0.2) is 218 Å². The molecule has 0 N–H and O–H groups in total. The van der Waals surface area contributed by atoms with Crippen LogP contribution in [0, 0.1) is 0 Å². The van der Waals surface area contributed by atoms with Crippen molar-refractivity contribution in [2.24, 2.45) is 0 Å². The third kappa shape index (κ3) is 5.87. The lowest BCUT2D eigenvalue weighted by Gasteiger charge is -2.29. The molecule has 9 aromatic rings. The van der Waals surface area contributed by atoms with Crippen LogP contribution in [-0.4, -0.2) is 0 Å². The summed E-state index contributed by atoms with van der Waals surface area (Å²) in [6.07, 6.45) is 0. The molecule has 9 rings (SSSR count). The SMILES string of the molecule is c1ccc(N(c2ccccc2)c2ccc(-c3c(N(c4ccccc4)c4ccc(-c5cccc6ccccc56)cc4)ccc4ccccc34)cc2)cc1. The fraction of sp³-hybridized carbons (Fsp3) is 0. The first-order chi connectivity index (χ1) is 25.8. The van der Waals surface area contributed by atoms with Gasteiger partial charge in [0.05, 0.1) is 5.69 Å². The van der Waals surface area contributed by atoms with E-state index in [1.165, 1.54) is 38.2 Å². The van der Waals surface area contributed by atoms with Crippen molar-refractivity contribution in [2.75, 3.05) is 9.80 Å². The Morgan fingerprint density at radius 2 is 0.673 bits per heavy atom. The van der Waals surface area contributed by atoms with E-state index in [1.807, 2.05) is 0 Å². The van der Waals surface area contributed by atoms with Crippen LogP contribution in [-0.2, 0) is 0 Å². The maximum Gasteiger partial charge on any atom is 0.0546 e. The zero-order valence-corrected chi connectivity index (χ0v) is 28.7. The molecule has 246 valence electrons. The zero-order chi connectivity index (χ0) is 34.7. The third-order valence-corrected chi connectivity index (χ3v) is 9.83. The number of nitrogens with zero attached hydrogens (tertiary/aromatic N) is 2. The van der Waals surface area contributed by atoms with Crippen LogP contribution in [0.5, 0.6) is 0 Å². The smallest absolute Gasteiger partial charge is 0.0546 e. The molecule has 2 nitrogen and oxygen atoms in total. The maximum absolute atomic E-state index is 2.39. The van der Waals surface area contributed by atoms with Crippen molar-refractivity contribution in [3.8, 4) is 22.3 Å². The van der Waals surface area contributed by atoms with Crippen LogP contribution in [0.4, 0.5) is 34.1 Å². The quantitative estimate of drug-likeness (QED) is 0.159. The molecular weight excluding hydrogens is 629 g/mol. The summed E-state index contributed by atoms with van der Waals surface area (Å²) in [6.45, 7) is 0. The lowest BCUT2D eigenvalue weighted by molar-refractivity contribution is 1.28. The normalized spacial score (nSPS) is 11.1. The summed E-state index contributed by atoms with van der Waals surface area (Å²) in [5.41, 5.74) is 11.5. The number of benzene rings is 9. The first kappa shape index (κ1) is 31.1. The summed E-state index contributed by atoms with van der Waals surface area (Å²) < 4.78 is 0. The molecule has 0 atom stereocenters. The standard InChI is InChI=1S/C50H36N2/c1-4-18-41(19-5-1)51(42-20-6-2-7-21-42)44-34-29-40(30-35-44)50-48-25-13-11-16-38(48)31-36-49(50)52(43-22-8-3-9-23-43)45-32-27-39(28-33-45)47-26-14-17-37-15-10-12-24-46(37)47/h1-36H. The van der Waals surface area contributed by atoms with Gasteiger partial charge in [0.15, 0.2) is 0 Å². The first-order valence-electron chi connectivity index (χ1n) is 17.8. The Morgan fingerprint density at radius 1 is 0.250 bits per heavy atom. The molecule has 9 aromatic carbocycles. The molecule has 0 radical (unpaired) electrons. The number of rotatable bonds is 8. The highest BCUT2D eigenvalue weighted by Crippen LogP contribution is 2.45. The number of hydrogen-bond donors (Lipinski definition) is 0. The largest absolute Gasteiger partial charge is 0.311 e. The van der Waals surface area contributed by atoms with Gasteiger partial charge in [0.25, 0.3) is 0 Å². The predicted octanol–water partition coefficient (Wildman–Crippen LogP) is 14.3. The van der Waals surface area contributed by atoms with Crippen LogP contribution in [0.3, 0.4) is 0 Å². The van der Waals surface area contributed by atoms with Crippen molar-refractivity contribution in [1.82, 2.24) is 0 Å². The van der Waals surface area contributed by atoms with E-state index in [2.05, 4.69) is 228 Å². The van der Waals surface area contributed by atoms with Crippen LogP contribution in [0.2, 0.25) is 0 Å². The van der Waals surface area contributed by atoms with Gasteiger partial charge in [-0.2, -0.15) is 0 Å². The molecule has 0 spiro atoms. The average Bonchev–Trinajstić information content (AvgIpc) is 3.22. The number of anilines is 6. The molecular formula is C50H36N2. The van der Waals surface area contributed by atoms with Crippen LogP contribution in [0.25, 0.3) is 43.8 Å². The molecule has 0 aliphatic heterocycles.